The number of ether oxygens (including phenoxy) is 1. The summed E-state index contributed by atoms with van der Waals surface area (Å²) in [5.41, 5.74) is 18.0. The second-order valence-electron chi connectivity index (χ2n) is 18.5. The third kappa shape index (κ3) is 6.25. The quantitative estimate of drug-likeness (QED) is 0.151. The van der Waals surface area contributed by atoms with Crippen molar-refractivity contribution < 1.29 is 4.74 Å². The van der Waals surface area contributed by atoms with Crippen LogP contribution in [0.25, 0.3) is 55.3 Å². The summed E-state index contributed by atoms with van der Waals surface area (Å²) >= 11 is 0. The molecule has 3 aliphatic rings. The van der Waals surface area contributed by atoms with Crippen molar-refractivity contribution in [3.05, 3.63) is 289 Å². The molecule has 2 nitrogen and oxygen atoms in total. The van der Waals surface area contributed by atoms with Gasteiger partial charge in [-0.15, -0.1) is 0 Å². The summed E-state index contributed by atoms with van der Waals surface area (Å²) in [5.74, 6) is 0.972. The lowest BCUT2D eigenvalue weighted by molar-refractivity contribution is 0.155. The molecule has 0 bridgehead atoms. The maximum atomic E-state index is 6.84. The molecule has 0 saturated carbocycles. The molecule has 2 aliphatic carbocycles. The fourth-order valence-electron chi connectivity index (χ4n) is 11.6. The molecule has 0 amide bonds. The van der Waals surface area contributed by atoms with Crippen molar-refractivity contribution in [2.45, 2.75) is 23.9 Å². The van der Waals surface area contributed by atoms with Gasteiger partial charge in [0.05, 0.1) is 17.0 Å². The Morgan fingerprint density at radius 1 is 0.426 bits per heavy atom. The molecule has 1 heterocycles. The minimum atomic E-state index is -0.632. The minimum absolute atomic E-state index is 0.0498. The first-order chi connectivity index (χ1) is 33.6. The molecular formula is C66H47NO. The minimum Gasteiger partial charge on any atom is -0.482 e. The van der Waals surface area contributed by atoms with Gasteiger partial charge in [-0.1, -0.05) is 206 Å². The Balaban J connectivity index is 1.03. The van der Waals surface area contributed by atoms with Crippen LogP contribution in [0.3, 0.4) is 0 Å². The van der Waals surface area contributed by atoms with Crippen LogP contribution in [-0.2, 0) is 5.41 Å². The van der Waals surface area contributed by atoms with E-state index in [9.17, 15) is 0 Å². The molecule has 10 aromatic rings. The highest BCUT2D eigenvalue weighted by Gasteiger charge is 2.48. The summed E-state index contributed by atoms with van der Waals surface area (Å²) in [5, 5.41) is 2.50. The summed E-state index contributed by atoms with van der Waals surface area (Å²) in [6.45, 7) is 2.20. The molecule has 322 valence electrons. The third-order valence-corrected chi connectivity index (χ3v) is 14.7. The molecule has 0 saturated heterocycles. The number of hydrogen-bond acceptors (Lipinski definition) is 2. The normalized spacial score (nSPS) is 16.9. The fraction of sp³-hybridized carbons (Fsp3) is 0.0606. The number of allylic oxidation sites excluding steroid dienone is 2. The lowest BCUT2D eigenvalue weighted by Gasteiger charge is -2.35. The van der Waals surface area contributed by atoms with Gasteiger partial charge in [0.1, 0.15) is 11.4 Å². The van der Waals surface area contributed by atoms with E-state index >= 15 is 0 Å². The van der Waals surface area contributed by atoms with Crippen LogP contribution in [0.1, 0.15) is 40.7 Å². The molecule has 1 aliphatic heterocycles. The van der Waals surface area contributed by atoms with Crippen molar-refractivity contribution in [1.29, 1.82) is 0 Å². The largest absolute Gasteiger partial charge is 0.482 e. The van der Waals surface area contributed by atoms with Crippen molar-refractivity contribution in [2.24, 2.45) is 0 Å². The summed E-state index contributed by atoms with van der Waals surface area (Å²) < 4.78 is 6.84. The first kappa shape index (κ1) is 39.9. The zero-order valence-corrected chi connectivity index (χ0v) is 37.8. The maximum Gasteiger partial charge on any atom is 0.135 e. The third-order valence-electron chi connectivity index (χ3n) is 14.7. The first-order valence-electron chi connectivity index (χ1n) is 23.7. The van der Waals surface area contributed by atoms with Crippen LogP contribution in [0, 0.1) is 0 Å². The molecule has 68 heavy (non-hydrogen) atoms. The molecule has 0 aromatic heterocycles. The van der Waals surface area contributed by atoms with E-state index in [-0.39, 0.29) is 5.92 Å². The number of rotatable bonds is 8. The average molecular weight is 870 g/mol. The molecule has 10 aromatic carbocycles. The van der Waals surface area contributed by atoms with Gasteiger partial charge < -0.3 is 9.64 Å². The lowest BCUT2D eigenvalue weighted by Crippen LogP contribution is -2.32. The number of anilines is 3. The van der Waals surface area contributed by atoms with Gasteiger partial charge >= 0.3 is 0 Å². The molecule has 0 N–H and O–H groups in total. The first-order valence-corrected chi connectivity index (χ1v) is 23.7. The molecule has 2 heteroatoms. The van der Waals surface area contributed by atoms with E-state index in [0.717, 1.165) is 22.8 Å². The number of nitrogens with zero attached hydrogens (tertiary/aromatic N) is 1. The van der Waals surface area contributed by atoms with E-state index in [2.05, 4.69) is 273 Å². The predicted octanol–water partition coefficient (Wildman–Crippen LogP) is 17.0. The second-order valence-corrected chi connectivity index (χ2v) is 18.5. The van der Waals surface area contributed by atoms with Crippen molar-refractivity contribution in [2.75, 3.05) is 4.90 Å². The van der Waals surface area contributed by atoms with Crippen LogP contribution in [0.5, 0.6) is 5.75 Å². The zero-order chi connectivity index (χ0) is 45.2. The molecule has 2 unspecified atom stereocenters. The van der Waals surface area contributed by atoms with Crippen LogP contribution >= 0.6 is 0 Å². The Morgan fingerprint density at radius 2 is 1.00 bits per heavy atom. The Morgan fingerprint density at radius 3 is 1.78 bits per heavy atom. The molecule has 0 spiro atoms. The van der Waals surface area contributed by atoms with Gasteiger partial charge in [-0.3, -0.25) is 0 Å². The Hall–Kier alpha value is -8.46. The van der Waals surface area contributed by atoms with E-state index in [4.69, 9.17) is 4.74 Å². The highest BCUT2D eigenvalue weighted by Crippen LogP contribution is 2.59. The fourth-order valence-corrected chi connectivity index (χ4v) is 11.6. The summed E-state index contributed by atoms with van der Waals surface area (Å²) in [6.07, 6.45) is 8.78. The number of fused-ring (bicyclic) bond motifs is 7. The predicted molar refractivity (Wildman–Crippen MR) is 282 cm³/mol. The average Bonchev–Trinajstić information content (AvgIpc) is 3.88. The molecular weight excluding hydrogens is 823 g/mol. The highest BCUT2D eigenvalue weighted by molar-refractivity contribution is 5.98. The summed E-state index contributed by atoms with van der Waals surface area (Å²) in [4.78, 5) is 2.46. The molecule has 13 rings (SSSR count). The van der Waals surface area contributed by atoms with Gasteiger partial charge in [-0.2, -0.15) is 0 Å². The standard InChI is InChI=1S/C66H47NO/c1-65-41-14-13-30-59(65)64-62(31-17-32-63(64)68-65)67(53-36-33-46(34-37-53)45-18-5-2-6-19-45)54-38-40-58-57-39-35-49(48-22-15-23-50(42-48)56-29-16-21-47-20-11-12-28-55(47)56)43-60(57)66(61(58)44-54,51-24-7-3-8-25-51)52-26-9-4-10-27-52/h2-44,59H,1H3. The topological polar surface area (TPSA) is 12.5 Å². The van der Waals surface area contributed by atoms with Crippen molar-refractivity contribution in [3.63, 3.8) is 0 Å². The summed E-state index contributed by atoms with van der Waals surface area (Å²) in [6, 6.07) is 87.2. The Labute approximate surface area is 398 Å². The van der Waals surface area contributed by atoms with Crippen molar-refractivity contribution in [1.82, 2.24) is 0 Å². The van der Waals surface area contributed by atoms with Crippen LogP contribution in [0.2, 0.25) is 0 Å². The van der Waals surface area contributed by atoms with Gasteiger partial charge in [-0.05, 0) is 139 Å². The smallest absolute Gasteiger partial charge is 0.135 e. The molecule has 0 radical (unpaired) electrons. The monoisotopic (exact) mass is 869 g/mol. The zero-order valence-electron chi connectivity index (χ0n) is 37.8. The number of hydrogen-bond donors (Lipinski definition) is 0. The SMILES string of the molecule is CC12C=CC=CC1c1c(cccc1N(c1ccc(-c3ccccc3)cc1)c1ccc3c(c1)C(c1ccccc1)(c1ccccc1)c1cc(-c4cccc(-c5cccc6ccccc56)c4)ccc1-3)O2. The van der Waals surface area contributed by atoms with Gasteiger partial charge in [0.15, 0.2) is 0 Å². The Bertz CT molecular complexity index is 3560. The van der Waals surface area contributed by atoms with E-state index in [1.54, 1.807) is 0 Å². The number of benzene rings is 10. The van der Waals surface area contributed by atoms with Crippen molar-refractivity contribution in [3.8, 4) is 50.3 Å². The van der Waals surface area contributed by atoms with Gasteiger partial charge in [0.2, 0.25) is 0 Å². The van der Waals surface area contributed by atoms with Crippen LogP contribution < -0.4 is 9.64 Å². The molecule has 2 atom stereocenters. The Kier molecular flexibility index (Phi) is 9.30. The van der Waals surface area contributed by atoms with Crippen LogP contribution in [0.15, 0.2) is 261 Å². The van der Waals surface area contributed by atoms with E-state index < -0.39 is 11.0 Å². The van der Waals surface area contributed by atoms with Crippen LogP contribution in [-0.4, -0.2) is 5.60 Å². The van der Waals surface area contributed by atoms with E-state index in [1.165, 1.54) is 83.1 Å². The second kappa shape index (κ2) is 15.9. The van der Waals surface area contributed by atoms with Crippen LogP contribution in [0.4, 0.5) is 17.1 Å². The summed E-state index contributed by atoms with van der Waals surface area (Å²) in [7, 11) is 0. The van der Waals surface area contributed by atoms with E-state index in [1.807, 2.05) is 0 Å². The van der Waals surface area contributed by atoms with Crippen molar-refractivity contribution >= 4 is 27.8 Å². The van der Waals surface area contributed by atoms with Gasteiger partial charge in [0.25, 0.3) is 0 Å². The maximum absolute atomic E-state index is 6.84. The van der Waals surface area contributed by atoms with Gasteiger partial charge in [-0.25, -0.2) is 0 Å². The van der Waals surface area contributed by atoms with E-state index in [0.29, 0.717) is 0 Å². The molecule has 0 fully saturated rings. The lowest BCUT2D eigenvalue weighted by atomic mass is 9.67. The highest BCUT2D eigenvalue weighted by atomic mass is 16.5. The van der Waals surface area contributed by atoms with Gasteiger partial charge in [0, 0.05) is 16.9 Å².